The van der Waals surface area contributed by atoms with Crippen molar-refractivity contribution >= 4 is 11.9 Å². The lowest BCUT2D eigenvalue weighted by atomic mass is 9.98. The highest BCUT2D eigenvalue weighted by atomic mass is 16.7. The summed E-state index contributed by atoms with van der Waals surface area (Å²) in [5.41, 5.74) is 0. The first-order chi connectivity index (χ1) is 29.5. The Bertz CT molecular complexity index is 1120. The zero-order valence-corrected chi connectivity index (χ0v) is 37.4. The first-order valence-corrected chi connectivity index (χ1v) is 23.8. The van der Waals surface area contributed by atoms with Crippen molar-refractivity contribution in [2.45, 2.75) is 242 Å². The molecule has 2 fully saturated rings. The van der Waals surface area contributed by atoms with Gasteiger partial charge in [0.1, 0.15) is 55.4 Å². The largest absolute Gasteiger partial charge is 0.462 e. The van der Waals surface area contributed by atoms with Crippen LogP contribution in [0.4, 0.5) is 0 Å². The monoisotopic (exact) mass is 877 g/mol. The molecule has 0 aromatic heterocycles. The van der Waals surface area contributed by atoms with Gasteiger partial charge in [-0.05, 0) is 38.5 Å². The number of hydrogen-bond donors (Lipinski definition) is 7. The molecule has 2 heterocycles. The summed E-state index contributed by atoms with van der Waals surface area (Å²) in [6.45, 7) is 2.54. The molecule has 0 aliphatic carbocycles. The molecule has 0 aromatic rings. The highest BCUT2D eigenvalue weighted by Crippen LogP contribution is 2.26. The van der Waals surface area contributed by atoms with E-state index < -0.39 is 92.7 Å². The molecule has 15 heteroatoms. The molecular weight excluding hydrogens is 792 g/mol. The van der Waals surface area contributed by atoms with E-state index in [4.69, 9.17) is 28.4 Å². The summed E-state index contributed by atoms with van der Waals surface area (Å²) < 4.78 is 33.4. The topological polar surface area (TPSA) is 231 Å². The minimum absolute atomic E-state index is 0.164. The lowest BCUT2D eigenvalue weighted by Crippen LogP contribution is -2.61. The summed E-state index contributed by atoms with van der Waals surface area (Å²) in [6, 6.07) is 0. The zero-order chi connectivity index (χ0) is 44.7. The van der Waals surface area contributed by atoms with Crippen LogP contribution in [0.3, 0.4) is 0 Å². The predicted octanol–water partition coefficient (Wildman–Crippen LogP) is 5.43. The molecule has 0 aromatic carbocycles. The van der Waals surface area contributed by atoms with Gasteiger partial charge in [-0.25, -0.2) is 0 Å². The van der Waals surface area contributed by atoms with Crippen molar-refractivity contribution in [2.75, 3.05) is 26.4 Å². The average Bonchev–Trinajstić information content (AvgIpc) is 3.25. The van der Waals surface area contributed by atoms with Gasteiger partial charge >= 0.3 is 11.9 Å². The van der Waals surface area contributed by atoms with Gasteiger partial charge in [0.2, 0.25) is 0 Å². The summed E-state index contributed by atoms with van der Waals surface area (Å²) in [5, 5.41) is 71.8. The van der Waals surface area contributed by atoms with E-state index in [0.29, 0.717) is 12.8 Å². The molecule has 0 saturated carbocycles. The third-order valence-electron chi connectivity index (χ3n) is 11.5. The Labute approximate surface area is 365 Å². The average molecular weight is 877 g/mol. The van der Waals surface area contributed by atoms with Crippen molar-refractivity contribution in [1.82, 2.24) is 0 Å². The van der Waals surface area contributed by atoms with Crippen LogP contribution in [0.2, 0.25) is 0 Å². The van der Waals surface area contributed by atoms with Gasteiger partial charge in [0, 0.05) is 12.8 Å². The number of rotatable bonds is 36. The minimum atomic E-state index is -1.76. The van der Waals surface area contributed by atoms with Crippen molar-refractivity contribution in [3.63, 3.8) is 0 Å². The fourth-order valence-corrected chi connectivity index (χ4v) is 7.50. The maximum absolute atomic E-state index is 12.9. The SMILES string of the molecule is CCCCCCCC/C=C\CCCCCCCCCC(=O)OC(COC(=O)CCCCCCCCCC)COC1OC(COC2OC(CO)C(O)C(O)C2O)C(O)C(O)C1O. The van der Waals surface area contributed by atoms with Crippen LogP contribution >= 0.6 is 0 Å². The molecule has 2 aliphatic rings. The van der Waals surface area contributed by atoms with E-state index in [1.54, 1.807) is 0 Å². The molecule has 7 N–H and O–H groups in total. The van der Waals surface area contributed by atoms with Gasteiger partial charge in [-0.2, -0.15) is 0 Å². The van der Waals surface area contributed by atoms with E-state index in [-0.39, 0.29) is 26.1 Å². The summed E-state index contributed by atoms with van der Waals surface area (Å²) in [5.74, 6) is -0.930. The second-order valence-corrected chi connectivity index (χ2v) is 16.9. The van der Waals surface area contributed by atoms with Crippen molar-refractivity contribution in [3.8, 4) is 0 Å². The molecule has 2 aliphatic heterocycles. The Morgan fingerprint density at radius 2 is 0.934 bits per heavy atom. The number of aliphatic hydroxyl groups is 7. The summed E-state index contributed by atoms with van der Waals surface area (Å²) >= 11 is 0. The van der Waals surface area contributed by atoms with Gasteiger partial charge in [0.15, 0.2) is 18.7 Å². The fourth-order valence-electron chi connectivity index (χ4n) is 7.50. The zero-order valence-electron chi connectivity index (χ0n) is 37.4. The number of unbranched alkanes of at least 4 members (excludes halogenated alkanes) is 20. The van der Waals surface area contributed by atoms with Crippen LogP contribution in [0.1, 0.15) is 174 Å². The standard InChI is InChI=1S/C46H84O15/c1-3-5-7-9-11-13-14-15-16-17-18-19-20-21-23-25-27-29-38(49)59-34(31-56-37(48)28-26-24-22-12-10-8-6-4-2)32-57-45-44(55)42(53)40(51)36(61-45)33-58-46-43(54)41(52)39(50)35(30-47)60-46/h15-16,34-36,39-47,50-55H,3-14,17-33H2,1-2H3/b16-15-. The number of allylic oxidation sites excluding steroid dienone is 2. The van der Waals surface area contributed by atoms with E-state index in [1.807, 2.05) is 0 Å². The van der Waals surface area contributed by atoms with Crippen molar-refractivity contribution in [3.05, 3.63) is 12.2 Å². The van der Waals surface area contributed by atoms with Crippen molar-refractivity contribution in [2.24, 2.45) is 0 Å². The van der Waals surface area contributed by atoms with Crippen LogP contribution < -0.4 is 0 Å². The number of ether oxygens (including phenoxy) is 6. The molecule has 0 spiro atoms. The van der Waals surface area contributed by atoms with Crippen molar-refractivity contribution < 1.29 is 73.8 Å². The van der Waals surface area contributed by atoms with E-state index in [9.17, 15) is 45.3 Å². The molecule has 2 rings (SSSR count). The highest BCUT2D eigenvalue weighted by molar-refractivity contribution is 5.70. The first kappa shape index (κ1) is 55.4. The Balaban J connectivity index is 1.81. The van der Waals surface area contributed by atoms with Crippen LogP contribution in [-0.2, 0) is 38.0 Å². The van der Waals surface area contributed by atoms with Gasteiger partial charge in [-0.1, -0.05) is 135 Å². The van der Waals surface area contributed by atoms with Gasteiger partial charge in [0.05, 0.1) is 19.8 Å². The van der Waals surface area contributed by atoms with Gasteiger partial charge < -0.3 is 64.2 Å². The van der Waals surface area contributed by atoms with Gasteiger partial charge in [0.25, 0.3) is 0 Å². The lowest BCUT2D eigenvalue weighted by Gasteiger charge is -2.42. The minimum Gasteiger partial charge on any atom is -0.462 e. The summed E-state index contributed by atoms with van der Waals surface area (Å²) in [6.07, 6.45) is 14.1. The molecule has 15 nitrogen and oxygen atoms in total. The van der Waals surface area contributed by atoms with Crippen molar-refractivity contribution in [1.29, 1.82) is 0 Å². The van der Waals surface area contributed by atoms with E-state index >= 15 is 0 Å². The molecule has 61 heavy (non-hydrogen) atoms. The third kappa shape index (κ3) is 23.7. The number of aliphatic hydroxyl groups excluding tert-OH is 7. The highest BCUT2D eigenvalue weighted by Gasteiger charge is 2.47. The lowest BCUT2D eigenvalue weighted by molar-refractivity contribution is -0.332. The van der Waals surface area contributed by atoms with E-state index in [2.05, 4.69) is 26.0 Å². The molecule has 358 valence electrons. The second kappa shape index (κ2) is 34.6. The molecule has 0 radical (unpaired) electrons. The molecule has 11 unspecified atom stereocenters. The van der Waals surface area contributed by atoms with Crippen LogP contribution in [-0.4, -0.2) is 142 Å². The second-order valence-electron chi connectivity index (χ2n) is 16.9. The number of esters is 2. The Morgan fingerprint density at radius 3 is 1.44 bits per heavy atom. The normalized spacial score (nSPS) is 27.4. The summed E-state index contributed by atoms with van der Waals surface area (Å²) in [7, 11) is 0. The molecule has 0 amide bonds. The number of carbonyl (C=O) groups excluding carboxylic acids is 2. The van der Waals surface area contributed by atoms with Gasteiger partial charge in [-0.3, -0.25) is 9.59 Å². The molecule has 2 saturated heterocycles. The Kier molecular flexibility index (Phi) is 31.4. The van der Waals surface area contributed by atoms with E-state index in [0.717, 1.165) is 51.4 Å². The van der Waals surface area contributed by atoms with Crippen LogP contribution in [0, 0.1) is 0 Å². The predicted molar refractivity (Wildman–Crippen MR) is 229 cm³/mol. The quantitative estimate of drug-likeness (QED) is 0.0236. The first-order valence-electron chi connectivity index (χ1n) is 23.8. The maximum Gasteiger partial charge on any atom is 0.306 e. The van der Waals surface area contributed by atoms with Crippen LogP contribution in [0.5, 0.6) is 0 Å². The van der Waals surface area contributed by atoms with Crippen LogP contribution in [0.15, 0.2) is 12.2 Å². The Morgan fingerprint density at radius 1 is 0.508 bits per heavy atom. The molecule has 11 atom stereocenters. The number of carbonyl (C=O) groups is 2. The van der Waals surface area contributed by atoms with E-state index in [1.165, 1.54) is 83.5 Å². The number of hydrogen-bond acceptors (Lipinski definition) is 15. The summed E-state index contributed by atoms with van der Waals surface area (Å²) in [4.78, 5) is 25.6. The van der Waals surface area contributed by atoms with Gasteiger partial charge in [-0.15, -0.1) is 0 Å². The van der Waals surface area contributed by atoms with Crippen LogP contribution in [0.25, 0.3) is 0 Å². The molecule has 0 bridgehead atoms. The maximum atomic E-state index is 12.9. The fraction of sp³-hybridized carbons (Fsp3) is 0.913. The third-order valence-corrected chi connectivity index (χ3v) is 11.5. The molecular formula is C46H84O15. The Hall–Kier alpha value is -1.76. The smallest absolute Gasteiger partial charge is 0.306 e.